The minimum absolute atomic E-state index is 0.876. The molecular formula is C9H13N2S. The van der Waals surface area contributed by atoms with Gasteiger partial charge in [-0.3, -0.25) is 0 Å². The van der Waals surface area contributed by atoms with E-state index in [1.807, 2.05) is 6.07 Å². The summed E-state index contributed by atoms with van der Waals surface area (Å²) < 4.78 is 0. The largest absolute Gasteiger partial charge is 0.231 e. The molecule has 1 heterocycles. The molecule has 0 N–H and O–H groups in total. The minimum Gasteiger partial charge on any atom is -0.231 e. The first-order chi connectivity index (χ1) is 5.93. The lowest BCUT2D eigenvalue weighted by Crippen LogP contribution is -1.85. The van der Waals surface area contributed by atoms with Crippen molar-refractivity contribution in [2.45, 2.75) is 24.4 Å². The molecule has 0 aliphatic heterocycles. The maximum absolute atomic E-state index is 4.11. The Morgan fingerprint density at radius 3 is 2.67 bits per heavy atom. The van der Waals surface area contributed by atoms with Crippen molar-refractivity contribution < 1.29 is 0 Å². The summed E-state index contributed by atoms with van der Waals surface area (Å²) in [5.74, 6) is 1.10. The normalized spacial score (nSPS) is 10.1. The van der Waals surface area contributed by atoms with Crippen LogP contribution in [0.5, 0.6) is 0 Å². The van der Waals surface area contributed by atoms with Crippen molar-refractivity contribution in [2.75, 3.05) is 5.75 Å². The molecule has 1 rings (SSSR count). The Kier molecular flexibility index (Phi) is 4.76. The Labute approximate surface area is 77.8 Å². The van der Waals surface area contributed by atoms with E-state index in [2.05, 4.69) is 16.9 Å². The predicted octanol–water partition coefficient (Wildman–Crippen LogP) is 2.57. The van der Waals surface area contributed by atoms with Crippen LogP contribution in [0.15, 0.2) is 23.6 Å². The Bertz CT molecular complexity index is 201. The molecule has 0 bridgehead atoms. The molecule has 12 heavy (non-hydrogen) atoms. The third-order valence-electron chi connectivity index (χ3n) is 1.42. The van der Waals surface area contributed by atoms with Crippen LogP contribution < -0.4 is 0 Å². The second-order valence-corrected chi connectivity index (χ2v) is 3.50. The van der Waals surface area contributed by atoms with Crippen LogP contribution in [0.25, 0.3) is 0 Å². The zero-order chi connectivity index (χ0) is 8.65. The van der Waals surface area contributed by atoms with Crippen LogP contribution in [-0.2, 0) is 0 Å². The molecule has 0 aliphatic rings. The van der Waals surface area contributed by atoms with Gasteiger partial charge in [-0.25, -0.2) is 9.97 Å². The lowest BCUT2D eigenvalue weighted by molar-refractivity contribution is 0.818. The summed E-state index contributed by atoms with van der Waals surface area (Å²) >= 11 is 1.71. The number of hydrogen-bond acceptors (Lipinski definition) is 3. The second kappa shape index (κ2) is 6.00. The molecule has 3 heteroatoms. The van der Waals surface area contributed by atoms with Gasteiger partial charge in [0.15, 0.2) is 5.16 Å². The van der Waals surface area contributed by atoms with Crippen LogP contribution >= 0.6 is 11.8 Å². The average Bonchev–Trinajstić information content (AvgIpc) is 2.14. The molecule has 1 aromatic rings. The number of unbranched alkanes of at least 4 members (excludes halogenated alkanes) is 2. The molecule has 0 amide bonds. The van der Waals surface area contributed by atoms with Crippen molar-refractivity contribution in [3.05, 3.63) is 25.4 Å². The molecule has 1 radical (unpaired) electrons. The number of thioether (sulfide) groups is 1. The fourth-order valence-corrected chi connectivity index (χ4v) is 1.60. The van der Waals surface area contributed by atoms with Gasteiger partial charge < -0.3 is 0 Å². The molecule has 65 valence electrons. The highest BCUT2D eigenvalue weighted by Gasteiger charge is 1.93. The average molecular weight is 181 g/mol. The lowest BCUT2D eigenvalue weighted by Gasteiger charge is -1.97. The summed E-state index contributed by atoms with van der Waals surface area (Å²) in [6.07, 6.45) is 6.97. The summed E-state index contributed by atoms with van der Waals surface area (Å²) in [5, 5.41) is 0.876. The van der Waals surface area contributed by atoms with E-state index in [4.69, 9.17) is 0 Å². The van der Waals surface area contributed by atoms with E-state index in [-0.39, 0.29) is 0 Å². The van der Waals surface area contributed by atoms with Gasteiger partial charge in [0, 0.05) is 18.1 Å². The molecule has 0 unspecified atom stereocenters. The molecule has 0 saturated carbocycles. The van der Waals surface area contributed by atoms with Crippen LogP contribution in [0.4, 0.5) is 0 Å². The zero-order valence-electron chi connectivity index (χ0n) is 7.07. The first kappa shape index (κ1) is 9.52. The maximum atomic E-state index is 4.11. The van der Waals surface area contributed by atoms with Crippen molar-refractivity contribution in [1.29, 1.82) is 0 Å². The molecule has 0 fully saturated rings. The van der Waals surface area contributed by atoms with E-state index in [0.29, 0.717) is 0 Å². The van der Waals surface area contributed by atoms with Crippen LogP contribution in [0, 0.1) is 6.92 Å². The first-order valence-corrected chi connectivity index (χ1v) is 5.11. The lowest BCUT2D eigenvalue weighted by atomic mass is 10.3. The highest BCUT2D eigenvalue weighted by atomic mass is 32.2. The van der Waals surface area contributed by atoms with Crippen LogP contribution in [0.3, 0.4) is 0 Å². The monoisotopic (exact) mass is 181 g/mol. The van der Waals surface area contributed by atoms with Gasteiger partial charge in [0.1, 0.15) is 0 Å². The number of nitrogens with zero attached hydrogens (tertiary/aromatic N) is 2. The predicted molar refractivity (Wildman–Crippen MR) is 52.0 cm³/mol. The van der Waals surface area contributed by atoms with E-state index in [9.17, 15) is 0 Å². The van der Waals surface area contributed by atoms with E-state index < -0.39 is 0 Å². The summed E-state index contributed by atoms with van der Waals surface area (Å²) in [4.78, 5) is 8.23. The number of hydrogen-bond donors (Lipinski definition) is 0. The van der Waals surface area contributed by atoms with Crippen molar-refractivity contribution in [1.82, 2.24) is 9.97 Å². The minimum atomic E-state index is 0.876. The van der Waals surface area contributed by atoms with Gasteiger partial charge in [0.2, 0.25) is 0 Å². The topological polar surface area (TPSA) is 25.8 Å². The van der Waals surface area contributed by atoms with Crippen molar-refractivity contribution in [2.24, 2.45) is 0 Å². The SMILES string of the molecule is [CH2]CCCCSc1ncccn1. The molecule has 0 atom stereocenters. The quantitative estimate of drug-likeness (QED) is 0.396. The van der Waals surface area contributed by atoms with Gasteiger partial charge in [-0.1, -0.05) is 31.5 Å². The molecule has 2 nitrogen and oxygen atoms in total. The van der Waals surface area contributed by atoms with Crippen LogP contribution in [0.2, 0.25) is 0 Å². The molecule has 1 aromatic heterocycles. The fourth-order valence-electron chi connectivity index (χ4n) is 0.802. The van der Waals surface area contributed by atoms with Crippen LogP contribution in [0.1, 0.15) is 19.3 Å². The van der Waals surface area contributed by atoms with Crippen molar-refractivity contribution in [3.63, 3.8) is 0 Å². The van der Waals surface area contributed by atoms with E-state index in [1.165, 1.54) is 12.8 Å². The van der Waals surface area contributed by atoms with Gasteiger partial charge in [-0.05, 0) is 12.5 Å². The third-order valence-corrected chi connectivity index (χ3v) is 2.38. The van der Waals surface area contributed by atoms with Crippen molar-refractivity contribution in [3.8, 4) is 0 Å². The Hall–Kier alpha value is -0.570. The first-order valence-electron chi connectivity index (χ1n) is 4.12. The maximum Gasteiger partial charge on any atom is 0.187 e. The Balaban J connectivity index is 2.16. The second-order valence-electron chi connectivity index (χ2n) is 2.44. The summed E-state index contributed by atoms with van der Waals surface area (Å²) in [5.41, 5.74) is 0. The zero-order valence-corrected chi connectivity index (χ0v) is 7.89. The fraction of sp³-hybridized carbons (Fsp3) is 0.444. The molecule has 0 saturated heterocycles. The Morgan fingerprint density at radius 1 is 1.25 bits per heavy atom. The summed E-state index contributed by atoms with van der Waals surface area (Å²) in [7, 11) is 0. The van der Waals surface area contributed by atoms with Gasteiger partial charge in [-0.15, -0.1) is 0 Å². The Morgan fingerprint density at radius 2 is 2.00 bits per heavy atom. The smallest absolute Gasteiger partial charge is 0.187 e. The number of aromatic nitrogens is 2. The van der Waals surface area contributed by atoms with Gasteiger partial charge >= 0.3 is 0 Å². The summed E-state index contributed by atoms with van der Waals surface area (Å²) in [6, 6.07) is 1.83. The van der Waals surface area contributed by atoms with Gasteiger partial charge in [-0.2, -0.15) is 0 Å². The molecule has 0 aliphatic carbocycles. The molecule has 0 aromatic carbocycles. The van der Waals surface area contributed by atoms with Gasteiger partial charge in [0.25, 0.3) is 0 Å². The molecule has 0 spiro atoms. The molecular weight excluding hydrogens is 168 g/mol. The summed E-state index contributed by atoms with van der Waals surface area (Å²) in [6.45, 7) is 3.79. The third kappa shape index (κ3) is 3.72. The van der Waals surface area contributed by atoms with E-state index >= 15 is 0 Å². The van der Waals surface area contributed by atoms with E-state index in [0.717, 1.165) is 17.3 Å². The highest BCUT2D eigenvalue weighted by Crippen LogP contribution is 2.13. The standard InChI is InChI=1S/C9H13N2S/c1-2-3-4-8-12-9-10-6-5-7-11-9/h5-7H,1-4,8H2. The van der Waals surface area contributed by atoms with Crippen LogP contribution in [-0.4, -0.2) is 15.7 Å². The van der Waals surface area contributed by atoms with E-state index in [1.54, 1.807) is 24.2 Å². The van der Waals surface area contributed by atoms with Gasteiger partial charge in [0.05, 0.1) is 0 Å². The highest BCUT2D eigenvalue weighted by molar-refractivity contribution is 7.99. The number of rotatable bonds is 5. The van der Waals surface area contributed by atoms with Crippen molar-refractivity contribution >= 4 is 11.8 Å².